The lowest BCUT2D eigenvalue weighted by Gasteiger charge is -2.06. The molecule has 110 valence electrons. The van der Waals surface area contributed by atoms with Crippen molar-refractivity contribution >= 4 is 11.6 Å². The maximum absolute atomic E-state index is 12.8. The molecule has 0 saturated heterocycles. The van der Waals surface area contributed by atoms with Gasteiger partial charge in [-0.15, -0.1) is 0 Å². The molecule has 2 N–H and O–H groups in total. The Labute approximate surface area is 123 Å². The summed E-state index contributed by atoms with van der Waals surface area (Å²) >= 11 is 0. The molecule has 0 atom stereocenters. The molecule has 0 fully saturated rings. The summed E-state index contributed by atoms with van der Waals surface area (Å²) in [6.45, 7) is 3.29. The van der Waals surface area contributed by atoms with E-state index in [2.05, 4.69) is 15.6 Å². The number of amides is 1. The lowest BCUT2D eigenvalue weighted by molar-refractivity contribution is 0.0949. The molecule has 1 aromatic heterocycles. The molecule has 0 bridgehead atoms. The van der Waals surface area contributed by atoms with Crippen LogP contribution < -0.4 is 10.6 Å². The highest BCUT2D eigenvalue weighted by atomic mass is 19.1. The minimum atomic E-state index is -0.257. The maximum atomic E-state index is 12.8. The van der Waals surface area contributed by atoms with Crippen LogP contribution in [-0.4, -0.2) is 24.0 Å². The highest BCUT2D eigenvalue weighted by Gasteiger charge is 2.06. The number of halogens is 1. The van der Waals surface area contributed by atoms with Crippen LogP contribution in [0.15, 0.2) is 42.6 Å². The lowest BCUT2D eigenvalue weighted by Crippen LogP contribution is -2.26. The first kappa shape index (κ1) is 15.0. The van der Waals surface area contributed by atoms with Crippen LogP contribution in [0.1, 0.15) is 23.0 Å². The molecule has 1 aromatic carbocycles. The molecule has 2 rings (SSSR count). The third-order valence-corrected chi connectivity index (χ3v) is 2.99. The summed E-state index contributed by atoms with van der Waals surface area (Å²) in [7, 11) is 0. The van der Waals surface area contributed by atoms with E-state index in [-0.39, 0.29) is 11.7 Å². The van der Waals surface area contributed by atoms with Gasteiger partial charge in [-0.2, -0.15) is 0 Å². The zero-order valence-corrected chi connectivity index (χ0v) is 11.9. The van der Waals surface area contributed by atoms with E-state index in [9.17, 15) is 9.18 Å². The second-order valence-electron chi connectivity index (χ2n) is 4.59. The molecule has 1 amide bonds. The minimum absolute atomic E-state index is 0.208. The number of rotatable bonds is 6. The molecular weight excluding hydrogens is 269 g/mol. The summed E-state index contributed by atoms with van der Waals surface area (Å²) in [6.07, 6.45) is 2.29. The summed E-state index contributed by atoms with van der Waals surface area (Å²) in [5.74, 6) is -0.465. The molecule has 0 unspecified atom stereocenters. The summed E-state index contributed by atoms with van der Waals surface area (Å²) in [6, 6.07) is 9.77. The van der Waals surface area contributed by atoms with E-state index in [0.29, 0.717) is 18.7 Å². The molecule has 1 heterocycles. The van der Waals surface area contributed by atoms with Gasteiger partial charge in [-0.05, 0) is 43.2 Å². The van der Waals surface area contributed by atoms with Crippen molar-refractivity contribution in [3.05, 3.63) is 59.7 Å². The molecule has 4 nitrogen and oxygen atoms in total. The predicted molar refractivity (Wildman–Crippen MR) is 80.8 cm³/mol. The van der Waals surface area contributed by atoms with Crippen LogP contribution in [0.3, 0.4) is 0 Å². The summed E-state index contributed by atoms with van der Waals surface area (Å²) in [4.78, 5) is 16.0. The first-order valence-corrected chi connectivity index (χ1v) is 6.91. The molecule has 0 saturated carbocycles. The SMILES string of the molecule is CCNc1ccc(C(=O)NCCc2ccc(F)cc2)nc1. The molecular formula is C16H18FN3O. The number of carbonyl (C=O) groups excluding carboxylic acids is 1. The normalized spacial score (nSPS) is 10.2. The van der Waals surface area contributed by atoms with Crippen molar-refractivity contribution in [2.24, 2.45) is 0 Å². The zero-order chi connectivity index (χ0) is 15.1. The van der Waals surface area contributed by atoms with E-state index in [1.54, 1.807) is 24.4 Å². The standard InChI is InChI=1S/C16H18FN3O/c1-2-18-14-7-8-15(20-11-14)16(21)19-10-9-12-3-5-13(17)6-4-12/h3-8,11,18H,2,9-10H2,1H3,(H,19,21). The number of hydrogen-bond acceptors (Lipinski definition) is 3. The van der Waals surface area contributed by atoms with Gasteiger partial charge in [-0.1, -0.05) is 12.1 Å². The maximum Gasteiger partial charge on any atom is 0.269 e. The van der Waals surface area contributed by atoms with E-state index in [4.69, 9.17) is 0 Å². The fourth-order valence-corrected chi connectivity index (χ4v) is 1.90. The smallest absolute Gasteiger partial charge is 0.269 e. The Bertz CT molecular complexity index is 581. The number of carbonyl (C=O) groups is 1. The number of hydrogen-bond donors (Lipinski definition) is 2. The average molecular weight is 287 g/mol. The van der Waals surface area contributed by atoms with Gasteiger partial charge in [0.1, 0.15) is 11.5 Å². The van der Waals surface area contributed by atoms with Crippen LogP contribution in [-0.2, 0) is 6.42 Å². The van der Waals surface area contributed by atoms with Gasteiger partial charge in [0.2, 0.25) is 0 Å². The van der Waals surface area contributed by atoms with E-state index >= 15 is 0 Å². The molecule has 0 radical (unpaired) electrons. The first-order valence-electron chi connectivity index (χ1n) is 6.91. The molecule has 2 aromatic rings. The average Bonchev–Trinajstić information content (AvgIpc) is 2.50. The number of pyridine rings is 1. The Balaban J connectivity index is 1.82. The van der Waals surface area contributed by atoms with Gasteiger partial charge >= 0.3 is 0 Å². The fourth-order valence-electron chi connectivity index (χ4n) is 1.90. The van der Waals surface area contributed by atoms with E-state index in [1.165, 1.54) is 12.1 Å². The van der Waals surface area contributed by atoms with Gasteiger partial charge in [0.05, 0.1) is 11.9 Å². The van der Waals surface area contributed by atoms with Crippen molar-refractivity contribution in [3.8, 4) is 0 Å². The van der Waals surface area contributed by atoms with Crippen LogP contribution >= 0.6 is 0 Å². The largest absolute Gasteiger partial charge is 0.384 e. The Morgan fingerprint density at radius 1 is 1.19 bits per heavy atom. The van der Waals surface area contributed by atoms with Crippen LogP contribution in [0, 0.1) is 5.82 Å². The second kappa shape index (κ2) is 7.38. The van der Waals surface area contributed by atoms with Gasteiger partial charge in [0.25, 0.3) is 5.91 Å². The molecule has 0 aliphatic heterocycles. The summed E-state index contributed by atoms with van der Waals surface area (Å²) in [5, 5.41) is 5.92. The molecule has 5 heteroatoms. The van der Waals surface area contributed by atoms with Crippen LogP contribution in [0.5, 0.6) is 0 Å². The van der Waals surface area contributed by atoms with Gasteiger partial charge < -0.3 is 10.6 Å². The number of nitrogens with zero attached hydrogens (tertiary/aromatic N) is 1. The van der Waals surface area contributed by atoms with Crippen LogP contribution in [0.25, 0.3) is 0 Å². The van der Waals surface area contributed by atoms with Crippen molar-refractivity contribution < 1.29 is 9.18 Å². The van der Waals surface area contributed by atoms with Gasteiger partial charge in [0.15, 0.2) is 0 Å². The zero-order valence-electron chi connectivity index (χ0n) is 11.9. The summed E-state index contributed by atoms with van der Waals surface area (Å²) < 4.78 is 12.8. The highest BCUT2D eigenvalue weighted by molar-refractivity contribution is 5.92. The van der Waals surface area contributed by atoms with E-state index < -0.39 is 0 Å². The van der Waals surface area contributed by atoms with Crippen molar-refractivity contribution in [2.45, 2.75) is 13.3 Å². The van der Waals surface area contributed by atoms with Gasteiger partial charge in [-0.25, -0.2) is 9.37 Å². The number of anilines is 1. The van der Waals surface area contributed by atoms with E-state index in [0.717, 1.165) is 17.8 Å². The molecule has 0 aliphatic carbocycles. The highest BCUT2D eigenvalue weighted by Crippen LogP contribution is 2.06. The minimum Gasteiger partial charge on any atom is -0.384 e. The molecule has 0 aliphatic rings. The van der Waals surface area contributed by atoms with Crippen molar-refractivity contribution in [2.75, 3.05) is 18.4 Å². The lowest BCUT2D eigenvalue weighted by atomic mass is 10.1. The number of benzene rings is 1. The first-order chi connectivity index (χ1) is 10.2. The second-order valence-corrected chi connectivity index (χ2v) is 4.59. The quantitative estimate of drug-likeness (QED) is 0.858. The molecule has 21 heavy (non-hydrogen) atoms. The Hall–Kier alpha value is -2.43. The Kier molecular flexibility index (Phi) is 5.26. The van der Waals surface area contributed by atoms with E-state index in [1.807, 2.05) is 13.0 Å². The Morgan fingerprint density at radius 3 is 2.57 bits per heavy atom. The van der Waals surface area contributed by atoms with Crippen molar-refractivity contribution in [3.63, 3.8) is 0 Å². The third-order valence-electron chi connectivity index (χ3n) is 2.99. The van der Waals surface area contributed by atoms with Crippen molar-refractivity contribution in [1.82, 2.24) is 10.3 Å². The Morgan fingerprint density at radius 2 is 1.95 bits per heavy atom. The third kappa shape index (κ3) is 4.56. The number of nitrogens with one attached hydrogen (secondary N) is 2. The van der Waals surface area contributed by atoms with Crippen LogP contribution in [0.4, 0.5) is 10.1 Å². The van der Waals surface area contributed by atoms with Gasteiger partial charge in [-0.3, -0.25) is 4.79 Å². The van der Waals surface area contributed by atoms with Gasteiger partial charge in [0, 0.05) is 13.1 Å². The predicted octanol–water partition coefficient (Wildman–Crippen LogP) is 2.63. The van der Waals surface area contributed by atoms with Crippen LogP contribution in [0.2, 0.25) is 0 Å². The van der Waals surface area contributed by atoms with Crippen molar-refractivity contribution in [1.29, 1.82) is 0 Å². The fraction of sp³-hybridized carbons (Fsp3) is 0.250. The monoisotopic (exact) mass is 287 g/mol. The summed E-state index contributed by atoms with van der Waals surface area (Å²) in [5.41, 5.74) is 2.25. The molecule has 0 spiro atoms. The number of aromatic nitrogens is 1. The topological polar surface area (TPSA) is 54.0 Å².